The number of hydrogen-bond donors (Lipinski definition) is 2. The van der Waals surface area contributed by atoms with Crippen LogP contribution in [0.5, 0.6) is 0 Å². The summed E-state index contributed by atoms with van der Waals surface area (Å²) in [5.41, 5.74) is 2.52. The fourth-order valence-corrected chi connectivity index (χ4v) is 3.92. The van der Waals surface area contributed by atoms with Crippen molar-refractivity contribution in [3.05, 3.63) is 41.7 Å². The van der Waals surface area contributed by atoms with Gasteiger partial charge in [-0.15, -0.1) is 0 Å². The van der Waals surface area contributed by atoms with Crippen molar-refractivity contribution >= 4 is 46.7 Å². The van der Waals surface area contributed by atoms with E-state index in [0.717, 1.165) is 0 Å². The molecule has 194 valence electrons. The van der Waals surface area contributed by atoms with E-state index in [-0.39, 0.29) is 18.0 Å². The van der Waals surface area contributed by atoms with E-state index in [1.807, 2.05) is 6.92 Å². The van der Waals surface area contributed by atoms with E-state index in [0.29, 0.717) is 67.1 Å². The van der Waals surface area contributed by atoms with Gasteiger partial charge in [0.2, 0.25) is 5.91 Å². The van der Waals surface area contributed by atoms with E-state index < -0.39 is 6.04 Å². The molecule has 0 spiro atoms. The lowest BCUT2D eigenvalue weighted by Gasteiger charge is -2.35. The Balaban J connectivity index is 1.55. The second kappa shape index (κ2) is 12.3. The zero-order valence-corrected chi connectivity index (χ0v) is 21.8. The summed E-state index contributed by atoms with van der Waals surface area (Å²) in [6.07, 6.45) is 1.39. The third-order valence-corrected chi connectivity index (χ3v) is 5.89. The number of benzene rings is 1. The highest BCUT2D eigenvalue weighted by molar-refractivity contribution is 7.80. The van der Waals surface area contributed by atoms with Gasteiger partial charge in [-0.2, -0.15) is 5.10 Å². The molecule has 1 aliphatic rings. The Bertz CT molecular complexity index is 1090. The number of nitrogens with one attached hydrogen (secondary N) is 2. The SMILES string of the molecule is CCOC(=O)c1ccc(NC(=S)Nc2cn(C(C)C(=O)N3CCN(C(=O)OCC)CC3)nc2C)cc1. The molecule has 2 N–H and O–H groups in total. The number of aromatic nitrogens is 2. The van der Waals surface area contributed by atoms with Crippen LogP contribution in [0.4, 0.5) is 16.2 Å². The predicted octanol–water partition coefficient (Wildman–Crippen LogP) is 3.04. The number of ether oxygens (including phenoxy) is 2. The number of hydrogen-bond acceptors (Lipinski definition) is 7. The van der Waals surface area contributed by atoms with Crippen LogP contribution in [-0.4, -0.2) is 82.1 Å². The van der Waals surface area contributed by atoms with Gasteiger partial charge in [-0.1, -0.05) is 0 Å². The second-order valence-electron chi connectivity index (χ2n) is 8.17. The fourth-order valence-electron chi connectivity index (χ4n) is 3.69. The van der Waals surface area contributed by atoms with Crippen molar-refractivity contribution in [2.75, 3.05) is 50.0 Å². The van der Waals surface area contributed by atoms with Gasteiger partial charge in [0.25, 0.3) is 0 Å². The number of anilines is 2. The minimum Gasteiger partial charge on any atom is -0.462 e. The molecular formula is C24H32N6O5S. The first kappa shape index (κ1) is 26.9. The maximum atomic E-state index is 13.0. The maximum Gasteiger partial charge on any atom is 0.409 e. The van der Waals surface area contributed by atoms with Gasteiger partial charge in [0, 0.05) is 38.1 Å². The molecule has 11 nitrogen and oxygen atoms in total. The number of carbonyl (C=O) groups excluding carboxylic acids is 3. The molecule has 1 unspecified atom stereocenters. The number of esters is 1. The number of thiocarbonyl (C=S) groups is 1. The standard InChI is InChI=1S/C24H32N6O5S/c1-5-34-22(32)18-7-9-19(10-8-18)25-23(36)26-20-15-30(27-16(20)3)17(4)21(31)28-11-13-29(14-12-28)24(33)35-6-2/h7-10,15,17H,5-6,11-14H2,1-4H3,(H2,25,26,36). The van der Waals surface area contributed by atoms with Gasteiger partial charge in [-0.25, -0.2) is 9.59 Å². The van der Waals surface area contributed by atoms with Crippen LogP contribution in [0.1, 0.15) is 42.9 Å². The molecule has 2 heterocycles. The van der Waals surface area contributed by atoms with Crippen LogP contribution in [0.15, 0.2) is 30.5 Å². The van der Waals surface area contributed by atoms with Gasteiger partial charge in [0.15, 0.2) is 5.11 Å². The number of amides is 2. The molecular weight excluding hydrogens is 484 g/mol. The molecule has 12 heteroatoms. The molecule has 0 radical (unpaired) electrons. The highest BCUT2D eigenvalue weighted by atomic mass is 32.1. The number of rotatable bonds is 7. The first-order valence-corrected chi connectivity index (χ1v) is 12.3. The molecule has 0 bridgehead atoms. The summed E-state index contributed by atoms with van der Waals surface area (Å²) >= 11 is 5.41. The van der Waals surface area contributed by atoms with Crippen molar-refractivity contribution in [3.8, 4) is 0 Å². The van der Waals surface area contributed by atoms with E-state index >= 15 is 0 Å². The van der Waals surface area contributed by atoms with E-state index in [9.17, 15) is 14.4 Å². The van der Waals surface area contributed by atoms with Gasteiger partial charge in [-0.05, 0) is 64.2 Å². The quantitative estimate of drug-likeness (QED) is 0.423. The molecule has 0 saturated carbocycles. The number of nitrogens with zero attached hydrogens (tertiary/aromatic N) is 4. The highest BCUT2D eigenvalue weighted by Gasteiger charge is 2.29. The van der Waals surface area contributed by atoms with E-state index in [2.05, 4.69) is 15.7 Å². The molecule has 36 heavy (non-hydrogen) atoms. The summed E-state index contributed by atoms with van der Waals surface area (Å²) in [4.78, 5) is 40.1. The molecule has 2 amide bonds. The summed E-state index contributed by atoms with van der Waals surface area (Å²) in [5.74, 6) is -0.452. The van der Waals surface area contributed by atoms with E-state index in [1.54, 1.807) is 65.7 Å². The van der Waals surface area contributed by atoms with Crippen LogP contribution >= 0.6 is 12.2 Å². The first-order valence-electron chi connectivity index (χ1n) is 11.8. The number of carbonyl (C=O) groups is 3. The number of aryl methyl sites for hydroxylation is 1. The topological polar surface area (TPSA) is 118 Å². The van der Waals surface area contributed by atoms with E-state index in [1.165, 1.54) is 0 Å². The first-order chi connectivity index (χ1) is 17.2. The zero-order valence-electron chi connectivity index (χ0n) is 20.9. The molecule has 1 fully saturated rings. The van der Waals surface area contributed by atoms with Gasteiger partial charge in [0.1, 0.15) is 6.04 Å². The Hall–Kier alpha value is -3.67. The maximum absolute atomic E-state index is 13.0. The number of piperazine rings is 1. The lowest BCUT2D eigenvalue weighted by molar-refractivity contribution is -0.136. The zero-order chi connectivity index (χ0) is 26.2. The predicted molar refractivity (Wildman–Crippen MR) is 139 cm³/mol. The van der Waals surface area contributed by atoms with Crippen molar-refractivity contribution < 1.29 is 23.9 Å². The minimum absolute atomic E-state index is 0.0741. The van der Waals surface area contributed by atoms with Crippen LogP contribution in [0, 0.1) is 6.92 Å². The fraction of sp³-hybridized carbons (Fsp3) is 0.458. The molecule has 2 aromatic rings. The monoisotopic (exact) mass is 516 g/mol. The second-order valence-corrected chi connectivity index (χ2v) is 8.58. The van der Waals surface area contributed by atoms with Crippen molar-refractivity contribution in [2.24, 2.45) is 0 Å². The Labute approximate surface area is 215 Å². The summed E-state index contributed by atoms with van der Waals surface area (Å²) in [6.45, 7) is 9.53. The lowest BCUT2D eigenvalue weighted by atomic mass is 10.2. The summed E-state index contributed by atoms with van der Waals surface area (Å²) < 4.78 is 11.6. The Morgan fingerprint density at radius 2 is 1.61 bits per heavy atom. The van der Waals surface area contributed by atoms with Crippen molar-refractivity contribution in [3.63, 3.8) is 0 Å². The molecule has 3 rings (SSSR count). The van der Waals surface area contributed by atoms with Gasteiger partial charge >= 0.3 is 12.1 Å². The van der Waals surface area contributed by atoms with Crippen molar-refractivity contribution in [2.45, 2.75) is 33.7 Å². The molecule has 1 aromatic carbocycles. The van der Waals surface area contributed by atoms with Crippen molar-refractivity contribution in [1.82, 2.24) is 19.6 Å². The van der Waals surface area contributed by atoms with Gasteiger partial charge in [-0.3, -0.25) is 9.48 Å². The largest absolute Gasteiger partial charge is 0.462 e. The van der Waals surface area contributed by atoms with Crippen LogP contribution in [-0.2, 0) is 14.3 Å². The van der Waals surface area contributed by atoms with Crippen LogP contribution in [0.3, 0.4) is 0 Å². The Kier molecular flexibility index (Phi) is 9.23. The van der Waals surface area contributed by atoms with Crippen molar-refractivity contribution in [1.29, 1.82) is 0 Å². The minimum atomic E-state index is -0.523. The Morgan fingerprint density at radius 1 is 1.00 bits per heavy atom. The van der Waals surface area contributed by atoms with Crippen LogP contribution in [0.2, 0.25) is 0 Å². The molecule has 1 aromatic heterocycles. The lowest BCUT2D eigenvalue weighted by Crippen LogP contribution is -2.52. The molecule has 1 atom stereocenters. The van der Waals surface area contributed by atoms with Crippen LogP contribution in [0.25, 0.3) is 0 Å². The summed E-state index contributed by atoms with van der Waals surface area (Å²) in [6, 6.07) is 6.26. The summed E-state index contributed by atoms with van der Waals surface area (Å²) in [7, 11) is 0. The smallest absolute Gasteiger partial charge is 0.409 e. The van der Waals surface area contributed by atoms with Gasteiger partial charge in [0.05, 0.1) is 30.2 Å². The molecule has 1 aliphatic heterocycles. The van der Waals surface area contributed by atoms with E-state index in [4.69, 9.17) is 21.7 Å². The normalized spacial score (nSPS) is 14.1. The summed E-state index contributed by atoms with van der Waals surface area (Å²) in [5, 5.41) is 11.0. The Morgan fingerprint density at radius 3 is 2.22 bits per heavy atom. The van der Waals surface area contributed by atoms with Gasteiger partial charge < -0.3 is 29.9 Å². The molecule has 1 saturated heterocycles. The van der Waals surface area contributed by atoms with Crippen LogP contribution < -0.4 is 10.6 Å². The molecule has 0 aliphatic carbocycles. The third kappa shape index (κ3) is 6.72. The highest BCUT2D eigenvalue weighted by Crippen LogP contribution is 2.19. The average Bonchev–Trinajstić information content (AvgIpc) is 3.23. The third-order valence-electron chi connectivity index (χ3n) is 5.69. The average molecular weight is 517 g/mol.